The second-order valence-corrected chi connectivity index (χ2v) is 3.51. The lowest BCUT2D eigenvalue weighted by atomic mass is 10.0. The van der Waals surface area contributed by atoms with Crippen molar-refractivity contribution >= 4 is 11.9 Å². The van der Waals surface area contributed by atoms with Crippen molar-refractivity contribution in [1.82, 2.24) is 0 Å². The standard InChI is InChI=1S/C13H16O3/c1-9(5-6-14)11-8-12(15-3)10(2)7-13(11)16-4/h5-8H,1-4H3/b9-5+. The molecular formula is C13H16O3. The maximum absolute atomic E-state index is 10.5. The second kappa shape index (κ2) is 5.35. The van der Waals surface area contributed by atoms with Crippen LogP contribution in [0.5, 0.6) is 11.5 Å². The van der Waals surface area contributed by atoms with Gasteiger partial charge in [-0.2, -0.15) is 0 Å². The fraction of sp³-hybridized carbons (Fsp3) is 0.308. The Balaban J connectivity index is 3.35. The van der Waals surface area contributed by atoms with Gasteiger partial charge in [0.25, 0.3) is 0 Å². The number of rotatable bonds is 4. The van der Waals surface area contributed by atoms with Crippen LogP contribution >= 0.6 is 0 Å². The average Bonchev–Trinajstić information content (AvgIpc) is 2.28. The number of hydrogen-bond acceptors (Lipinski definition) is 3. The van der Waals surface area contributed by atoms with Gasteiger partial charge in [0.2, 0.25) is 0 Å². The van der Waals surface area contributed by atoms with Crippen molar-refractivity contribution in [3.63, 3.8) is 0 Å². The number of aryl methyl sites for hydroxylation is 1. The Morgan fingerprint density at radius 2 is 1.81 bits per heavy atom. The largest absolute Gasteiger partial charge is 0.496 e. The summed E-state index contributed by atoms with van der Waals surface area (Å²) in [5, 5.41) is 0. The van der Waals surface area contributed by atoms with Crippen molar-refractivity contribution in [2.75, 3.05) is 14.2 Å². The van der Waals surface area contributed by atoms with Crippen LogP contribution in [0.25, 0.3) is 5.57 Å². The number of carbonyl (C=O) groups is 1. The highest BCUT2D eigenvalue weighted by molar-refractivity contribution is 5.83. The van der Waals surface area contributed by atoms with E-state index in [-0.39, 0.29) is 0 Å². The molecule has 86 valence electrons. The number of hydrogen-bond donors (Lipinski definition) is 0. The van der Waals surface area contributed by atoms with E-state index in [1.165, 1.54) is 6.08 Å². The summed E-state index contributed by atoms with van der Waals surface area (Å²) in [5.41, 5.74) is 2.73. The molecule has 0 heterocycles. The van der Waals surface area contributed by atoms with Gasteiger partial charge in [-0.3, -0.25) is 4.79 Å². The van der Waals surface area contributed by atoms with E-state index in [9.17, 15) is 4.79 Å². The maximum atomic E-state index is 10.5. The molecule has 0 saturated heterocycles. The number of aldehydes is 1. The zero-order valence-corrected chi connectivity index (χ0v) is 10.0. The molecule has 1 rings (SSSR count). The summed E-state index contributed by atoms with van der Waals surface area (Å²) < 4.78 is 10.5. The highest BCUT2D eigenvalue weighted by Crippen LogP contribution is 2.32. The lowest BCUT2D eigenvalue weighted by Gasteiger charge is -2.13. The van der Waals surface area contributed by atoms with Crippen LogP contribution in [-0.2, 0) is 4.79 Å². The molecule has 1 aromatic rings. The van der Waals surface area contributed by atoms with Gasteiger partial charge in [-0.1, -0.05) is 0 Å². The first-order valence-electron chi connectivity index (χ1n) is 4.99. The number of allylic oxidation sites excluding steroid dienone is 2. The number of carbonyl (C=O) groups excluding carboxylic acids is 1. The fourth-order valence-corrected chi connectivity index (χ4v) is 1.55. The second-order valence-electron chi connectivity index (χ2n) is 3.51. The molecule has 16 heavy (non-hydrogen) atoms. The van der Waals surface area contributed by atoms with Gasteiger partial charge in [0, 0.05) is 5.56 Å². The molecule has 0 amide bonds. The van der Waals surface area contributed by atoms with Crippen molar-refractivity contribution in [1.29, 1.82) is 0 Å². The van der Waals surface area contributed by atoms with Crippen LogP contribution in [-0.4, -0.2) is 20.5 Å². The molecular weight excluding hydrogens is 204 g/mol. The van der Waals surface area contributed by atoms with E-state index in [1.54, 1.807) is 14.2 Å². The van der Waals surface area contributed by atoms with Crippen LogP contribution in [0.4, 0.5) is 0 Å². The highest BCUT2D eigenvalue weighted by Gasteiger charge is 2.09. The van der Waals surface area contributed by atoms with Gasteiger partial charge < -0.3 is 9.47 Å². The van der Waals surface area contributed by atoms with E-state index in [2.05, 4.69) is 0 Å². The average molecular weight is 220 g/mol. The van der Waals surface area contributed by atoms with Gasteiger partial charge in [0.1, 0.15) is 17.8 Å². The highest BCUT2D eigenvalue weighted by atomic mass is 16.5. The molecule has 3 nitrogen and oxygen atoms in total. The Kier molecular flexibility index (Phi) is 4.11. The summed E-state index contributed by atoms with van der Waals surface area (Å²) in [4.78, 5) is 10.5. The lowest BCUT2D eigenvalue weighted by Crippen LogP contribution is -1.95. The monoisotopic (exact) mass is 220 g/mol. The first-order chi connectivity index (χ1) is 7.63. The zero-order chi connectivity index (χ0) is 12.1. The normalized spacial score (nSPS) is 11.1. The van der Waals surface area contributed by atoms with Gasteiger partial charge in [-0.25, -0.2) is 0 Å². The molecule has 0 bridgehead atoms. The topological polar surface area (TPSA) is 35.5 Å². The smallest absolute Gasteiger partial charge is 0.143 e. The molecule has 0 spiro atoms. The van der Waals surface area contributed by atoms with E-state index in [1.807, 2.05) is 26.0 Å². The Morgan fingerprint density at radius 1 is 1.19 bits per heavy atom. The molecule has 3 heteroatoms. The molecule has 0 atom stereocenters. The van der Waals surface area contributed by atoms with Gasteiger partial charge in [-0.05, 0) is 43.2 Å². The van der Waals surface area contributed by atoms with Gasteiger partial charge >= 0.3 is 0 Å². The van der Waals surface area contributed by atoms with Crippen LogP contribution in [0.15, 0.2) is 18.2 Å². The zero-order valence-electron chi connectivity index (χ0n) is 10.0. The first kappa shape index (κ1) is 12.3. The van der Waals surface area contributed by atoms with Crippen molar-refractivity contribution in [2.24, 2.45) is 0 Å². The number of methoxy groups -OCH3 is 2. The minimum absolute atomic E-state index is 0.744. The third-order valence-corrected chi connectivity index (χ3v) is 2.46. The molecule has 0 N–H and O–H groups in total. The molecule has 1 aromatic carbocycles. The predicted molar refractivity (Wildman–Crippen MR) is 64.0 cm³/mol. The van der Waals surface area contributed by atoms with Gasteiger partial charge in [0.15, 0.2) is 0 Å². The number of benzene rings is 1. The summed E-state index contributed by atoms with van der Waals surface area (Å²) in [6, 6.07) is 3.78. The first-order valence-corrected chi connectivity index (χ1v) is 4.99. The third-order valence-electron chi connectivity index (χ3n) is 2.46. The van der Waals surface area contributed by atoms with Crippen molar-refractivity contribution in [2.45, 2.75) is 13.8 Å². The van der Waals surface area contributed by atoms with Crippen LogP contribution < -0.4 is 9.47 Å². The van der Waals surface area contributed by atoms with E-state index in [0.717, 1.165) is 34.5 Å². The molecule has 0 aliphatic carbocycles. The predicted octanol–water partition coefficient (Wildman–Crippen LogP) is 2.61. The number of ether oxygens (including phenoxy) is 2. The fourth-order valence-electron chi connectivity index (χ4n) is 1.55. The summed E-state index contributed by atoms with van der Waals surface area (Å²) in [5.74, 6) is 1.53. The lowest BCUT2D eigenvalue weighted by molar-refractivity contribution is -0.104. The Morgan fingerprint density at radius 3 is 2.31 bits per heavy atom. The van der Waals surface area contributed by atoms with Crippen molar-refractivity contribution < 1.29 is 14.3 Å². The molecule has 0 radical (unpaired) electrons. The van der Waals surface area contributed by atoms with E-state index >= 15 is 0 Å². The van der Waals surface area contributed by atoms with Crippen LogP contribution in [0.3, 0.4) is 0 Å². The van der Waals surface area contributed by atoms with Gasteiger partial charge in [-0.15, -0.1) is 0 Å². The van der Waals surface area contributed by atoms with Gasteiger partial charge in [0.05, 0.1) is 14.2 Å². The summed E-state index contributed by atoms with van der Waals surface area (Å²) >= 11 is 0. The molecule has 0 fully saturated rings. The van der Waals surface area contributed by atoms with Crippen molar-refractivity contribution in [3.05, 3.63) is 29.3 Å². The molecule has 0 saturated carbocycles. The molecule has 0 aromatic heterocycles. The van der Waals surface area contributed by atoms with E-state index in [4.69, 9.17) is 9.47 Å². The Labute approximate surface area is 95.7 Å². The molecule has 0 aliphatic heterocycles. The van der Waals surface area contributed by atoms with Crippen molar-refractivity contribution in [3.8, 4) is 11.5 Å². The summed E-state index contributed by atoms with van der Waals surface area (Å²) in [6.45, 7) is 3.81. The quantitative estimate of drug-likeness (QED) is 0.578. The summed E-state index contributed by atoms with van der Waals surface area (Å²) in [7, 11) is 3.23. The molecule has 0 aliphatic rings. The van der Waals surface area contributed by atoms with Crippen LogP contribution in [0.2, 0.25) is 0 Å². The third kappa shape index (κ3) is 2.42. The maximum Gasteiger partial charge on any atom is 0.143 e. The minimum Gasteiger partial charge on any atom is -0.496 e. The van der Waals surface area contributed by atoms with E-state index < -0.39 is 0 Å². The van der Waals surface area contributed by atoms with Crippen LogP contribution in [0, 0.1) is 6.92 Å². The minimum atomic E-state index is 0.744. The molecule has 0 unspecified atom stereocenters. The van der Waals surface area contributed by atoms with E-state index in [0.29, 0.717) is 0 Å². The van der Waals surface area contributed by atoms with Crippen LogP contribution in [0.1, 0.15) is 18.1 Å². The Hall–Kier alpha value is -1.77. The Bertz CT molecular complexity index is 419. The SMILES string of the molecule is COc1cc(/C(C)=C/C=O)c(OC)cc1C. The summed E-state index contributed by atoms with van der Waals surface area (Å²) in [6.07, 6.45) is 2.27.